The Morgan fingerprint density at radius 3 is 3.06 bits per heavy atom. The predicted molar refractivity (Wildman–Crippen MR) is 66.5 cm³/mol. The van der Waals surface area contributed by atoms with Crippen molar-refractivity contribution < 1.29 is 14.6 Å². The van der Waals surface area contributed by atoms with E-state index in [1.165, 1.54) is 0 Å². The van der Waals surface area contributed by atoms with Crippen molar-refractivity contribution in [2.75, 3.05) is 20.2 Å². The first-order chi connectivity index (χ1) is 8.61. The lowest BCUT2D eigenvalue weighted by atomic mass is 9.96. The standard InChI is InChI=1S/C13H18N2O3/c1-9-4-6-15(8-12(9)16)13(17)11-7-10(18-2)3-5-14-11/h3,5,7,9,12,16H,4,6,8H2,1-2H3. The van der Waals surface area contributed by atoms with E-state index in [0.29, 0.717) is 24.5 Å². The summed E-state index contributed by atoms with van der Waals surface area (Å²) in [6, 6.07) is 3.32. The Morgan fingerprint density at radius 1 is 1.61 bits per heavy atom. The highest BCUT2D eigenvalue weighted by molar-refractivity contribution is 5.92. The monoisotopic (exact) mass is 250 g/mol. The molecule has 1 amide bonds. The molecule has 5 nitrogen and oxygen atoms in total. The highest BCUT2D eigenvalue weighted by Gasteiger charge is 2.28. The second-order valence-corrected chi connectivity index (χ2v) is 4.67. The summed E-state index contributed by atoms with van der Waals surface area (Å²) in [5.41, 5.74) is 0.358. The van der Waals surface area contributed by atoms with Crippen LogP contribution in [-0.4, -0.2) is 47.2 Å². The minimum absolute atomic E-state index is 0.153. The van der Waals surface area contributed by atoms with Gasteiger partial charge < -0.3 is 14.7 Å². The number of ether oxygens (including phenoxy) is 1. The SMILES string of the molecule is COc1ccnc(C(=O)N2CCC(C)C(O)C2)c1. The Morgan fingerprint density at radius 2 is 2.39 bits per heavy atom. The fraction of sp³-hybridized carbons (Fsp3) is 0.538. The van der Waals surface area contributed by atoms with E-state index in [-0.39, 0.29) is 11.8 Å². The molecule has 1 aromatic rings. The maximum atomic E-state index is 12.2. The van der Waals surface area contributed by atoms with Crippen LogP contribution in [0.1, 0.15) is 23.8 Å². The molecule has 1 aliphatic rings. The summed E-state index contributed by atoms with van der Waals surface area (Å²) in [5.74, 6) is 0.700. The van der Waals surface area contributed by atoms with Gasteiger partial charge in [0.2, 0.25) is 0 Å². The first kappa shape index (κ1) is 12.8. The zero-order valence-corrected chi connectivity index (χ0v) is 10.7. The van der Waals surface area contributed by atoms with Crippen molar-refractivity contribution in [3.8, 4) is 5.75 Å². The number of pyridine rings is 1. The van der Waals surface area contributed by atoms with Gasteiger partial charge in [0.05, 0.1) is 13.2 Å². The smallest absolute Gasteiger partial charge is 0.272 e. The normalized spacial score (nSPS) is 23.8. The number of likely N-dealkylation sites (tertiary alicyclic amines) is 1. The van der Waals surface area contributed by atoms with E-state index >= 15 is 0 Å². The molecule has 2 atom stereocenters. The van der Waals surface area contributed by atoms with Crippen LogP contribution in [0.15, 0.2) is 18.3 Å². The highest BCUT2D eigenvalue weighted by atomic mass is 16.5. The average molecular weight is 250 g/mol. The minimum Gasteiger partial charge on any atom is -0.497 e. The molecule has 1 saturated heterocycles. The summed E-state index contributed by atoms with van der Waals surface area (Å²) in [6.45, 7) is 3.03. The number of carbonyl (C=O) groups is 1. The van der Waals surface area contributed by atoms with E-state index in [4.69, 9.17) is 4.74 Å². The molecule has 2 heterocycles. The molecule has 0 saturated carbocycles. The fourth-order valence-electron chi connectivity index (χ4n) is 2.05. The molecule has 2 rings (SSSR count). The van der Waals surface area contributed by atoms with Gasteiger partial charge in [0.25, 0.3) is 5.91 Å². The van der Waals surface area contributed by atoms with Crippen molar-refractivity contribution in [2.24, 2.45) is 5.92 Å². The van der Waals surface area contributed by atoms with Gasteiger partial charge in [0, 0.05) is 25.4 Å². The van der Waals surface area contributed by atoms with Crippen molar-refractivity contribution >= 4 is 5.91 Å². The first-order valence-electron chi connectivity index (χ1n) is 6.09. The summed E-state index contributed by atoms with van der Waals surface area (Å²) < 4.78 is 5.07. The Bertz CT molecular complexity index is 436. The van der Waals surface area contributed by atoms with Crippen molar-refractivity contribution in [3.05, 3.63) is 24.0 Å². The van der Waals surface area contributed by atoms with Crippen LogP contribution in [0.25, 0.3) is 0 Å². The zero-order chi connectivity index (χ0) is 13.1. The number of piperidine rings is 1. The number of aromatic nitrogens is 1. The molecule has 18 heavy (non-hydrogen) atoms. The Hall–Kier alpha value is -1.62. The van der Waals surface area contributed by atoms with Crippen molar-refractivity contribution in [1.29, 1.82) is 0 Å². The maximum absolute atomic E-state index is 12.2. The number of hydrogen-bond acceptors (Lipinski definition) is 4. The van der Waals surface area contributed by atoms with Crippen LogP contribution < -0.4 is 4.74 Å². The Kier molecular flexibility index (Phi) is 3.81. The molecule has 1 fully saturated rings. The van der Waals surface area contributed by atoms with E-state index in [2.05, 4.69) is 4.98 Å². The molecule has 2 unspecified atom stereocenters. The van der Waals surface area contributed by atoms with Crippen LogP contribution in [0.2, 0.25) is 0 Å². The number of nitrogens with zero attached hydrogens (tertiary/aromatic N) is 2. The maximum Gasteiger partial charge on any atom is 0.272 e. The van der Waals surface area contributed by atoms with Gasteiger partial charge in [-0.3, -0.25) is 9.78 Å². The predicted octanol–water partition coefficient (Wildman–Crippen LogP) is 0.933. The summed E-state index contributed by atoms with van der Waals surface area (Å²) in [5, 5.41) is 9.81. The molecule has 0 aromatic carbocycles. The van der Waals surface area contributed by atoms with Gasteiger partial charge in [-0.2, -0.15) is 0 Å². The van der Waals surface area contributed by atoms with Gasteiger partial charge in [-0.25, -0.2) is 0 Å². The van der Waals surface area contributed by atoms with Gasteiger partial charge in [0.1, 0.15) is 11.4 Å². The molecule has 0 aliphatic carbocycles. The third-order valence-electron chi connectivity index (χ3n) is 3.39. The van der Waals surface area contributed by atoms with E-state index in [1.54, 1.807) is 30.3 Å². The molecule has 98 valence electrons. The second-order valence-electron chi connectivity index (χ2n) is 4.67. The molecular weight excluding hydrogens is 232 g/mol. The first-order valence-corrected chi connectivity index (χ1v) is 6.09. The van der Waals surface area contributed by atoms with Crippen molar-refractivity contribution in [3.63, 3.8) is 0 Å². The van der Waals surface area contributed by atoms with E-state index in [9.17, 15) is 9.90 Å². The summed E-state index contributed by atoms with van der Waals surface area (Å²) in [6.07, 6.45) is 1.92. The van der Waals surface area contributed by atoms with E-state index in [1.807, 2.05) is 6.92 Å². The average Bonchev–Trinajstić information content (AvgIpc) is 2.41. The molecule has 0 radical (unpaired) electrons. The number of hydrogen-bond donors (Lipinski definition) is 1. The summed E-state index contributed by atoms with van der Waals surface area (Å²) in [4.78, 5) is 17.9. The Balaban J connectivity index is 2.11. The molecule has 1 N–H and O–H groups in total. The number of aliphatic hydroxyl groups is 1. The molecule has 0 bridgehead atoms. The molecule has 1 aromatic heterocycles. The van der Waals surface area contributed by atoms with Crippen molar-refractivity contribution in [2.45, 2.75) is 19.4 Å². The van der Waals surface area contributed by atoms with E-state index in [0.717, 1.165) is 6.42 Å². The van der Waals surface area contributed by atoms with Gasteiger partial charge in [0.15, 0.2) is 0 Å². The largest absolute Gasteiger partial charge is 0.497 e. The van der Waals surface area contributed by atoms with E-state index < -0.39 is 6.10 Å². The third kappa shape index (κ3) is 2.61. The minimum atomic E-state index is -0.451. The van der Waals surface area contributed by atoms with Crippen LogP contribution in [0, 0.1) is 5.92 Å². The number of amides is 1. The van der Waals surface area contributed by atoms with Crippen LogP contribution in [0.5, 0.6) is 5.75 Å². The number of methoxy groups -OCH3 is 1. The molecule has 0 spiro atoms. The van der Waals surface area contributed by atoms with Gasteiger partial charge in [-0.1, -0.05) is 6.92 Å². The lowest BCUT2D eigenvalue weighted by Crippen LogP contribution is -2.46. The lowest BCUT2D eigenvalue weighted by molar-refractivity contribution is 0.0245. The molecule has 5 heteroatoms. The number of rotatable bonds is 2. The zero-order valence-electron chi connectivity index (χ0n) is 10.7. The van der Waals surface area contributed by atoms with Crippen LogP contribution >= 0.6 is 0 Å². The molecular formula is C13H18N2O3. The Labute approximate surface area is 106 Å². The molecule has 1 aliphatic heterocycles. The van der Waals surface area contributed by atoms with Crippen molar-refractivity contribution in [1.82, 2.24) is 9.88 Å². The number of β-amino-alcohol motifs (C(OH)–C–C–N with tert-alkyl or cyclic N) is 1. The fourth-order valence-corrected chi connectivity index (χ4v) is 2.05. The highest BCUT2D eigenvalue weighted by Crippen LogP contribution is 2.19. The van der Waals surface area contributed by atoms with Gasteiger partial charge in [-0.15, -0.1) is 0 Å². The quantitative estimate of drug-likeness (QED) is 0.848. The third-order valence-corrected chi connectivity index (χ3v) is 3.39. The number of carbonyl (C=O) groups excluding carboxylic acids is 1. The van der Waals surface area contributed by atoms with Crippen LogP contribution in [0.4, 0.5) is 0 Å². The lowest BCUT2D eigenvalue weighted by Gasteiger charge is -2.34. The second kappa shape index (κ2) is 5.35. The van der Waals surface area contributed by atoms with Crippen LogP contribution in [-0.2, 0) is 0 Å². The summed E-state index contributed by atoms with van der Waals surface area (Å²) >= 11 is 0. The van der Waals surface area contributed by atoms with Gasteiger partial charge >= 0.3 is 0 Å². The van der Waals surface area contributed by atoms with Gasteiger partial charge in [-0.05, 0) is 18.4 Å². The summed E-state index contributed by atoms with van der Waals surface area (Å²) in [7, 11) is 1.55. The topological polar surface area (TPSA) is 62.7 Å². The number of aliphatic hydroxyl groups excluding tert-OH is 1. The van der Waals surface area contributed by atoms with Crippen LogP contribution in [0.3, 0.4) is 0 Å².